The average molecular weight is 650 g/mol. The minimum atomic E-state index is -6.00. The maximum atomic E-state index is 9.75. The van der Waals surface area contributed by atoms with Crippen LogP contribution in [0.2, 0.25) is 0 Å². The standard InChI is InChI=1S/C31H48IO.BF4/c1-2-3-4-5-6-7-8-9-10-11-12-13-14-15-16-20-27-33-31-25-23-30(24-26-31)32-28-29-21-18-17-19-22-29;2-1(3,4)5/h17-19,21-26H,2-16,20,27-28H2,1H3;/q+1;-1. The molecule has 0 saturated carbocycles. The molecule has 38 heavy (non-hydrogen) atoms. The first-order valence-electron chi connectivity index (χ1n) is 14.6. The van der Waals surface area contributed by atoms with Crippen LogP contribution in [0.5, 0.6) is 5.75 Å². The molecule has 0 heterocycles. The Kier molecular flexibility index (Phi) is 21.6. The van der Waals surface area contributed by atoms with E-state index in [1.165, 1.54) is 116 Å². The average Bonchev–Trinajstić information content (AvgIpc) is 2.89. The van der Waals surface area contributed by atoms with Crippen LogP contribution in [0.3, 0.4) is 0 Å². The Labute approximate surface area is 239 Å². The van der Waals surface area contributed by atoms with Gasteiger partial charge in [-0.25, -0.2) is 0 Å². The molecule has 7 heteroatoms. The molecule has 0 bridgehead atoms. The highest BCUT2D eigenvalue weighted by molar-refractivity contribution is 6.50. The number of rotatable bonds is 21. The zero-order valence-corrected chi connectivity index (χ0v) is 25.5. The third-order valence-electron chi connectivity index (χ3n) is 6.30. The van der Waals surface area contributed by atoms with Crippen molar-refractivity contribution >= 4 is 7.25 Å². The highest BCUT2D eigenvalue weighted by Crippen LogP contribution is 2.14. The summed E-state index contributed by atoms with van der Waals surface area (Å²) in [4.78, 5) is 0. The number of hydrogen-bond donors (Lipinski definition) is 0. The molecular formula is C31H48BF4IO. The van der Waals surface area contributed by atoms with Gasteiger partial charge in [0.25, 0.3) is 0 Å². The summed E-state index contributed by atoms with van der Waals surface area (Å²) < 4.78 is 47.7. The van der Waals surface area contributed by atoms with Crippen molar-refractivity contribution in [3.63, 3.8) is 0 Å². The van der Waals surface area contributed by atoms with Crippen LogP contribution in [0.4, 0.5) is 17.3 Å². The molecule has 0 atom stereocenters. The van der Waals surface area contributed by atoms with E-state index < -0.39 is 7.25 Å². The van der Waals surface area contributed by atoms with E-state index in [0.717, 1.165) is 12.4 Å². The number of unbranched alkanes of at least 4 members (excludes halogenated alkanes) is 15. The topological polar surface area (TPSA) is 9.23 Å². The molecule has 0 aromatic heterocycles. The molecule has 0 fully saturated rings. The third kappa shape index (κ3) is 23.8. The van der Waals surface area contributed by atoms with Crippen LogP contribution < -0.4 is 25.9 Å². The lowest BCUT2D eigenvalue weighted by atomic mass is 10.0. The SMILES string of the molecule is CCCCCCCCCCCCCCCCCCOc1ccc([I+]Cc2ccccc2)cc1.F[B-](F)(F)F. The van der Waals surface area contributed by atoms with Gasteiger partial charge in [0.2, 0.25) is 0 Å². The molecule has 0 spiro atoms. The lowest BCUT2D eigenvalue weighted by Crippen LogP contribution is -3.61. The second-order valence-electron chi connectivity index (χ2n) is 9.85. The molecular weight excluding hydrogens is 602 g/mol. The summed E-state index contributed by atoms with van der Waals surface area (Å²) in [6.45, 7) is 3.15. The second kappa shape index (κ2) is 23.6. The Morgan fingerprint density at radius 2 is 1.00 bits per heavy atom. The van der Waals surface area contributed by atoms with Crippen LogP contribution in [-0.4, -0.2) is 13.9 Å². The van der Waals surface area contributed by atoms with Crippen molar-refractivity contribution in [1.29, 1.82) is 0 Å². The number of ether oxygens (including phenoxy) is 1. The van der Waals surface area contributed by atoms with Crippen LogP contribution in [0.15, 0.2) is 54.6 Å². The maximum absolute atomic E-state index is 9.75. The fourth-order valence-corrected chi connectivity index (χ4v) is 6.44. The van der Waals surface area contributed by atoms with Crippen molar-refractivity contribution in [2.24, 2.45) is 0 Å². The lowest BCUT2D eigenvalue weighted by Gasteiger charge is -2.06. The molecule has 0 aliphatic heterocycles. The first kappa shape index (κ1) is 34.8. The highest BCUT2D eigenvalue weighted by Gasteiger charge is 2.20. The van der Waals surface area contributed by atoms with Crippen molar-refractivity contribution in [2.75, 3.05) is 6.61 Å². The third-order valence-corrected chi connectivity index (χ3v) is 9.16. The summed E-state index contributed by atoms with van der Waals surface area (Å²) in [6.07, 6.45) is 22.6. The number of alkyl halides is 1. The monoisotopic (exact) mass is 650 g/mol. The molecule has 0 amide bonds. The minimum absolute atomic E-state index is 0.0432. The Morgan fingerprint density at radius 1 is 0.579 bits per heavy atom. The van der Waals surface area contributed by atoms with E-state index in [0.29, 0.717) is 0 Å². The zero-order valence-electron chi connectivity index (χ0n) is 23.3. The van der Waals surface area contributed by atoms with E-state index in [-0.39, 0.29) is 21.2 Å². The maximum Gasteiger partial charge on any atom is 0.673 e. The van der Waals surface area contributed by atoms with Gasteiger partial charge in [0.15, 0.2) is 8.00 Å². The van der Waals surface area contributed by atoms with Gasteiger partial charge < -0.3 is 22.0 Å². The fraction of sp³-hybridized carbons (Fsp3) is 0.613. The van der Waals surface area contributed by atoms with E-state index >= 15 is 0 Å². The molecule has 2 rings (SSSR count). The van der Waals surface area contributed by atoms with Crippen molar-refractivity contribution in [3.05, 3.63) is 63.7 Å². The van der Waals surface area contributed by atoms with Gasteiger partial charge in [-0.15, -0.1) is 0 Å². The van der Waals surface area contributed by atoms with E-state index in [9.17, 15) is 17.3 Å². The Hall–Kier alpha value is -1.25. The molecule has 0 aliphatic carbocycles. The van der Waals surface area contributed by atoms with Gasteiger partial charge in [-0.2, -0.15) is 0 Å². The van der Waals surface area contributed by atoms with Crippen molar-refractivity contribution < 1.29 is 43.2 Å². The minimum Gasteiger partial charge on any atom is -0.494 e. The largest absolute Gasteiger partial charge is 0.673 e. The molecule has 0 unspecified atom stereocenters. The summed E-state index contributed by atoms with van der Waals surface area (Å²) in [6, 6.07) is 19.7. The molecule has 2 aromatic carbocycles. The van der Waals surface area contributed by atoms with Crippen LogP contribution >= 0.6 is 0 Å². The van der Waals surface area contributed by atoms with Crippen LogP contribution in [0.25, 0.3) is 0 Å². The van der Waals surface area contributed by atoms with Gasteiger partial charge in [0.1, 0.15) is 5.75 Å². The Bertz CT molecular complexity index is 766. The predicted octanol–water partition coefficient (Wildman–Crippen LogP) is 8.09. The quantitative estimate of drug-likeness (QED) is 0.0437. The van der Waals surface area contributed by atoms with E-state index in [2.05, 4.69) is 61.5 Å². The molecule has 2 aromatic rings. The smallest absolute Gasteiger partial charge is 0.494 e. The summed E-state index contributed by atoms with van der Waals surface area (Å²) in [5.41, 5.74) is 1.45. The van der Waals surface area contributed by atoms with E-state index in [4.69, 9.17) is 4.74 Å². The van der Waals surface area contributed by atoms with Gasteiger partial charge in [-0.3, -0.25) is 0 Å². The molecule has 0 N–H and O–H groups in total. The molecule has 0 saturated heterocycles. The second-order valence-corrected chi connectivity index (χ2v) is 12.6. The summed E-state index contributed by atoms with van der Waals surface area (Å²) >= 11 is 0.0432. The Balaban J connectivity index is 0.00000132. The molecule has 1 nitrogen and oxygen atoms in total. The summed E-state index contributed by atoms with van der Waals surface area (Å²) in [5.74, 6) is 1.03. The van der Waals surface area contributed by atoms with E-state index in [1.807, 2.05) is 0 Å². The lowest BCUT2D eigenvalue weighted by molar-refractivity contribution is -0.643. The van der Waals surface area contributed by atoms with Gasteiger partial charge >= 0.3 is 28.5 Å². The van der Waals surface area contributed by atoms with Crippen LogP contribution in [-0.2, 0) is 4.43 Å². The van der Waals surface area contributed by atoms with Gasteiger partial charge in [-0.05, 0) is 36.2 Å². The normalized spacial score (nSPS) is 11.2. The number of halogens is 5. The number of hydrogen-bond acceptors (Lipinski definition) is 1. The molecule has 0 radical (unpaired) electrons. The highest BCUT2D eigenvalue weighted by atomic mass is 127. The summed E-state index contributed by atoms with van der Waals surface area (Å²) in [5, 5.41) is 0. The van der Waals surface area contributed by atoms with Gasteiger partial charge in [0, 0.05) is 0 Å². The van der Waals surface area contributed by atoms with Crippen molar-refractivity contribution in [2.45, 2.75) is 114 Å². The van der Waals surface area contributed by atoms with Gasteiger partial charge in [0.05, 0.1) is 6.61 Å². The Morgan fingerprint density at radius 3 is 1.45 bits per heavy atom. The summed E-state index contributed by atoms with van der Waals surface area (Å²) in [7, 11) is -6.00. The van der Waals surface area contributed by atoms with Crippen LogP contribution in [0, 0.1) is 3.57 Å². The van der Waals surface area contributed by atoms with Crippen LogP contribution in [0.1, 0.15) is 115 Å². The predicted molar refractivity (Wildman–Crippen MR) is 151 cm³/mol. The van der Waals surface area contributed by atoms with E-state index in [1.54, 1.807) is 0 Å². The molecule has 216 valence electrons. The van der Waals surface area contributed by atoms with Crippen molar-refractivity contribution in [3.8, 4) is 5.75 Å². The molecule has 0 aliphatic rings. The first-order valence-corrected chi connectivity index (χ1v) is 17.2. The number of benzene rings is 2. The van der Waals surface area contributed by atoms with Crippen molar-refractivity contribution in [1.82, 2.24) is 0 Å². The zero-order chi connectivity index (χ0) is 27.7. The first-order chi connectivity index (χ1) is 18.4. The fourth-order valence-electron chi connectivity index (χ4n) is 4.18. The van der Waals surface area contributed by atoms with Gasteiger partial charge in [-0.1, -0.05) is 134 Å².